The van der Waals surface area contributed by atoms with Gasteiger partial charge in [0.05, 0.1) is 6.26 Å². The van der Waals surface area contributed by atoms with E-state index in [0.717, 1.165) is 0 Å². The van der Waals surface area contributed by atoms with E-state index in [0.29, 0.717) is 12.2 Å². The molecular weight excluding hydrogens is 168 g/mol. The van der Waals surface area contributed by atoms with Gasteiger partial charge in [-0.05, 0) is 18.6 Å². The first-order valence-electron chi connectivity index (χ1n) is 4.12. The number of furan rings is 1. The van der Waals surface area contributed by atoms with Gasteiger partial charge < -0.3 is 9.52 Å². The molecule has 0 spiro atoms. The average molecular weight is 180 g/mol. The molecule has 0 fully saturated rings. The van der Waals surface area contributed by atoms with Crippen LogP contribution in [-0.2, 0) is 4.79 Å². The fourth-order valence-electron chi connectivity index (χ4n) is 1.26. The Balaban J connectivity index is 2.86. The van der Waals surface area contributed by atoms with E-state index in [1.54, 1.807) is 12.1 Å². The standard InChI is InChI=1S/C10H12O3/c1-3-8(7(2)10(11)12)9-5-4-6-13-9/h4-6,8H,2-3H2,1H3,(H,11,12). The molecule has 0 aromatic carbocycles. The predicted octanol–water partition coefficient (Wildman–Crippen LogP) is 2.41. The molecule has 1 N–H and O–H groups in total. The summed E-state index contributed by atoms with van der Waals surface area (Å²) in [5, 5.41) is 8.74. The molecule has 70 valence electrons. The van der Waals surface area contributed by atoms with Crippen LogP contribution in [0.15, 0.2) is 35.0 Å². The highest BCUT2D eigenvalue weighted by molar-refractivity contribution is 5.87. The largest absolute Gasteiger partial charge is 0.478 e. The van der Waals surface area contributed by atoms with Crippen molar-refractivity contribution >= 4 is 5.97 Å². The Labute approximate surface area is 76.7 Å². The number of carbonyl (C=O) groups is 1. The van der Waals surface area contributed by atoms with Crippen LogP contribution >= 0.6 is 0 Å². The van der Waals surface area contributed by atoms with Gasteiger partial charge >= 0.3 is 5.97 Å². The molecule has 1 atom stereocenters. The molecule has 1 aromatic rings. The maximum absolute atomic E-state index is 10.7. The minimum Gasteiger partial charge on any atom is -0.478 e. The molecule has 1 aromatic heterocycles. The fourth-order valence-corrected chi connectivity index (χ4v) is 1.26. The molecule has 0 saturated carbocycles. The van der Waals surface area contributed by atoms with Crippen molar-refractivity contribution in [2.45, 2.75) is 19.3 Å². The summed E-state index contributed by atoms with van der Waals surface area (Å²) in [5.41, 5.74) is 0.178. The predicted molar refractivity (Wildman–Crippen MR) is 48.5 cm³/mol. The van der Waals surface area contributed by atoms with E-state index in [1.807, 2.05) is 6.92 Å². The number of hydrogen-bond acceptors (Lipinski definition) is 2. The molecule has 0 radical (unpaired) electrons. The molecule has 3 nitrogen and oxygen atoms in total. The van der Waals surface area contributed by atoms with Crippen molar-refractivity contribution in [3.63, 3.8) is 0 Å². The van der Waals surface area contributed by atoms with Crippen LogP contribution in [0.3, 0.4) is 0 Å². The summed E-state index contributed by atoms with van der Waals surface area (Å²) in [6.45, 7) is 5.43. The lowest BCUT2D eigenvalue weighted by atomic mass is 9.95. The van der Waals surface area contributed by atoms with Crippen molar-refractivity contribution in [2.75, 3.05) is 0 Å². The van der Waals surface area contributed by atoms with Gasteiger partial charge in [-0.1, -0.05) is 13.5 Å². The maximum atomic E-state index is 10.7. The maximum Gasteiger partial charge on any atom is 0.331 e. The van der Waals surface area contributed by atoms with E-state index in [1.165, 1.54) is 6.26 Å². The molecule has 1 heterocycles. The lowest BCUT2D eigenvalue weighted by molar-refractivity contribution is -0.133. The Morgan fingerprint density at radius 3 is 2.85 bits per heavy atom. The highest BCUT2D eigenvalue weighted by Gasteiger charge is 2.20. The highest BCUT2D eigenvalue weighted by Crippen LogP contribution is 2.26. The SMILES string of the molecule is C=C(C(=O)O)C(CC)c1ccco1. The van der Waals surface area contributed by atoms with E-state index in [4.69, 9.17) is 9.52 Å². The van der Waals surface area contributed by atoms with Gasteiger partial charge in [-0.25, -0.2) is 4.79 Å². The van der Waals surface area contributed by atoms with Crippen LogP contribution < -0.4 is 0 Å². The second-order valence-corrected chi connectivity index (χ2v) is 2.81. The van der Waals surface area contributed by atoms with Gasteiger partial charge in [-0.3, -0.25) is 0 Å². The van der Waals surface area contributed by atoms with Gasteiger partial charge in [0, 0.05) is 11.5 Å². The van der Waals surface area contributed by atoms with E-state index in [2.05, 4.69) is 6.58 Å². The first-order valence-corrected chi connectivity index (χ1v) is 4.12. The van der Waals surface area contributed by atoms with Crippen LogP contribution in [0.2, 0.25) is 0 Å². The summed E-state index contributed by atoms with van der Waals surface area (Å²) >= 11 is 0. The molecule has 0 amide bonds. The summed E-state index contributed by atoms with van der Waals surface area (Å²) in [4.78, 5) is 10.7. The Hall–Kier alpha value is -1.51. The normalized spacial score (nSPS) is 12.4. The molecule has 0 aliphatic rings. The second kappa shape index (κ2) is 3.94. The van der Waals surface area contributed by atoms with Crippen LogP contribution in [0.5, 0.6) is 0 Å². The van der Waals surface area contributed by atoms with Crippen molar-refractivity contribution in [1.82, 2.24) is 0 Å². The Morgan fingerprint density at radius 2 is 2.46 bits per heavy atom. The van der Waals surface area contributed by atoms with E-state index >= 15 is 0 Å². The smallest absolute Gasteiger partial charge is 0.331 e. The number of carboxylic acid groups (broad SMARTS) is 1. The number of carboxylic acids is 1. The van der Waals surface area contributed by atoms with E-state index in [-0.39, 0.29) is 11.5 Å². The van der Waals surface area contributed by atoms with Crippen molar-refractivity contribution in [3.05, 3.63) is 36.3 Å². The molecule has 1 rings (SSSR count). The number of rotatable bonds is 4. The van der Waals surface area contributed by atoms with Crippen LogP contribution in [0.4, 0.5) is 0 Å². The van der Waals surface area contributed by atoms with Crippen LogP contribution in [0.1, 0.15) is 25.0 Å². The number of aliphatic carboxylic acids is 1. The van der Waals surface area contributed by atoms with Gasteiger partial charge in [-0.15, -0.1) is 0 Å². The van der Waals surface area contributed by atoms with Gasteiger partial charge in [0.2, 0.25) is 0 Å². The fraction of sp³-hybridized carbons (Fsp3) is 0.300. The zero-order valence-electron chi connectivity index (χ0n) is 7.49. The van der Waals surface area contributed by atoms with E-state index < -0.39 is 5.97 Å². The quantitative estimate of drug-likeness (QED) is 0.724. The highest BCUT2D eigenvalue weighted by atomic mass is 16.4. The Morgan fingerprint density at radius 1 is 1.77 bits per heavy atom. The lowest BCUT2D eigenvalue weighted by Gasteiger charge is -2.10. The summed E-state index contributed by atoms with van der Waals surface area (Å²) in [7, 11) is 0. The van der Waals surface area contributed by atoms with E-state index in [9.17, 15) is 4.79 Å². The summed E-state index contributed by atoms with van der Waals surface area (Å²) in [5.74, 6) is -0.523. The topological polar surface area (TPSA) is 50.4 Å². The molecular formula is C10H12O3. The molecule has 0 aliphatic carbocycles. The Bertz CT molecular complexity index is 298. The third-order valence-corrected chi connectivity index (χ3v) is 1.99. The van der Waals surface area contributed by atoms with Crippen molar-refractivity contribution in [3.8, 4) is 0 Å². The van der Waals surface area contributed by atoms with Crippen molar-refractivity contribution in [2.24, 2.45) is 0 Å². The van der Waals surface area contributed by atoms with Crippen molar-refractivity contribution in [1.29, 1.82) is 0 Å². The van der Waals surface area contributed by atoms with Gasteiger partial charge in [0.1, 0.15) is 5.76 Å². The third-order valence-electron chi connectivity index (χ3n) is 1.99. The van der Waals surface area contributed by atoms with Crippen LogP contribution in [0, 0.1) is 0 Å². The minimum atomic E-state index is -0.969. The van der Waals surface area contributed by atoms with Gasteiger partial charge in [-0.2, -0.15) is 0 Å². The molecule has 0 saturated heterocycles. The zero-order chi connectivity index (χ0) is 9.84. The molecule has 3 heteroatoms. The zero-order valence-corrected chi connectivity index (χ0v) is 7.49. The first kappa shape index (κ1) is 9.58. The lowest BCUT2D eigenvalue weighted by Crippen LogP contribution is -2.08. The first-order chi connectivity index (χ1) is 6.16. The summed E-state index contributed by atoms with van der Waals surface area (Å²) in [6, 6.07) is 3.51. The molecule has 0 aliphatic heterocycles. The summed E-state index contributed by atoms with van der Waals surface area (Å²) < 4.78 is 5.13. The molecule has 0 bridgehead atoms. The van der Waals surface area contributed by atoms with Crippen LogP contribution in [0.25, 0.3) is 0 Å². The molecule has 1 unspecified atom stereocenters. The third kappa shape index (κ3) is 1.99. The Kier molecular flexibility index (Phi) is 2.90. The van der Waals surface area contributed by atoms with Crippen LogP contribution in [-0.4, -0.2) is 11.1 Å². The monoisotopic (exact) mass is 180 g/mol. The molecule has 13 heavy (non-hydrogen) atoms. The summed E-state index contributed by atoms with van der Waals surface area (Å²) in [6.07, 6.45) is 2.21. The van der Waals surface area contributed by atoms with Gasteiger partial charge in [0.25, 0.3) is 0 Å². The number of hydrogen-bond donors (Lipinski definition) is 1. The minimum absolute atomic E-state index is 0.178. The van der Waals surface area contributed by atoms with Crippen molar-refractivity contribution < 1.29 is 14.3 Å². The second-order valence-electron chi connectivity index (χ2n) is 2.81. The average Bonchev–Trinajstić information content (AvgIpc) is 2.58. The van der Waals surface area contributed by atoms with Gasteiger partial charge in [0.15, 0.2) is 0 Å².